The van der Waals surface area contributed by atoms with Gasteiger partial charge in [0.2, 0.25) is 11.9 Å². The Morgan fingerprint density at radius 3 is 2.61 bits per heavy atom. The first-order chi connectivity index (χ1) is 11.3. The number of imidazole rings is 1. The molecule has 0 atom stereocenters. The number of carbonyl (C=O) groups is 1. The Kier molecular flexibility index (Phi) is 4.54. The molecular weight excluding hydrogens is 292 g/mol. The van der Waals surface area contributed by atoms with Crippen molar-refractivity contribution in [2.24, 2.45) is 0 Å². The van der Waals surface area contributed by atoms with E-state index in [9.17, 15) is 4.79 Å². The number of nitrogens with zero attached hydrogens (tertiary/aromatic N) is 2. The minimum atomic E-state index is -0.133. The molecule has 3 rings (SSSR count). The number of hydrogen-bond donors (Lipinski definition) is 3. The van der Waals surface area contributed by atoms with Crippen LogP contribution in [0, 0.1) is 0 Å². The van der Waals surface area contributed by atoms with Crippen LogP contribution in [0.4, 0.5) is 11.6 Å². The molecule has 3 aromatic rings. The molecule has 1 amide bonds. The fourth-order valence-electron chi connectivity index (χ4n) is 2.40. The van der Waals surface area contributed by atoms with E-state index in [1.54, 1.807) is 0 Å². The van der Waals surface area contributed by atoms with Gasteiger partial charge in [0.1, 0.15) is 6.54 Å². The minimum Gasteiger partial charge on any atom is -0.395 e. The summed E-state index contributed by atoms with van der Waals surface area (Å²) >= 11 is 0. The molecule has 0 fully saturated rings. The lowest BCUT2D eigenvalue weighted by molar-refractivity contribution is -0.116. The van der Waals surface area contributed by atoms with Crippen molar-refractivity contribution in [2.45, 2.75) is 6.54 Å². The molecule has 0 radical (unpaired) electrons. The number of rotatable bonds is 6. The zero-order valence-electron chi connectivity index (χ0n) is 12.6. The number of fused-ring (bicyclic) bond motifs is 1. The Morgan fingerprint density at radius 1 is 1.09 bits per heavy atom. The Hall–Kier alpha value is -2.86. The van der Waals surface area contributed by atoms with Crippen LogP contribution < -0.4 is 10.6 Å². The molecule has 0 saturated carbocycles. The van der Waals surface area contributed by atoms with Gasteiger partial charge in [-0.15, -0.1) is 0 Å². The number of aliphatic hydroxyl groups is 1. The summed E-state index contributed by atoms with van der Waals surface area (Å²) in [6.07, 6.45) is 0. The monoisotopic (exact) mass is 310 g/mol. The Labute approximate surface area is 133 Å². The highest BCUT2D eigenvalue weighted by atomic mass is 16.3. The smallest absolute Gasteiger partial charge is 0.244 e. The second-order valence-electron chi connectivity index (χ2n) is 5.07. The maximum atomic E-state index is 12.3. The van der Waals surface area contributed by atoms with Gasteiger partial charge in [-0.3, -0.25) is 4.79 Å². The van der Waals surface area contributed by atoms with Gasteiger partial charge in [0.05, 0.1) is 17.6 Å². The van der Waals surface area contributed by atoms with Crippen molar-refractivity contribution >= 4 is 28.6 Å². The molecule has 0 saturated heterocycles. The molecule has 0 aliphatic heterocycles. The van der Waals surface area contributed by atoms with E-state index in [2.05, 4.69) is 15.6 Å². The van der Waals surface area contributed by atoms with Gasteiger partial charge in [-0.1, -0.05) is 30.3 Å². The lowest BCUT2D eigenvalue weighted by atomic mass is 10.3. The van der Waals surface area contributed by atoms with Gasteiger partial charge in [-0.25, -0.2) is 4.98 Å². The van der Waals surface area contributed by atoms with Crippen LogP contribution in [-0.2, 0) is 11.3 Å². The predicted octanol–water partition coefficient (Wildman–Crippen LogP) is 2.08. The molecule has 6 nitrogen and oxygen atoms in total. The predicted molar refractivity (Wildman–Crippen MR) is 90.4 cm³/mol. The number of aromatic nitrogens is 2. The summed E-state index contributed by atoms with van der Waals surface area (Å²) < 4.78 is 1.81. The molecular formula is C17H18N4O2. The van der Waals surface area contributed by atoms with Gasteiger partial charge in [-0.2, -0.15) is 0 Å². The average Bonchev–Trinajstić information content (AvgIpc) is 2.91. The van der Waals surface area contributed by atoms with E-state index in [1.807, 2.05) is 59.2 Å². The normalized spacial score (nSPS) is 10.7. The van der Waals surface area contributed by atoms with Crippen LogP contribution in [-0.4, -0.2) is 33.7 Å². The molecule has 0 bridgehead atoms. The molecule has 6 heteroatoms. The maximum Gasteiger partial charge on any atom is 0.244 e. The van der Waals surface area contributed by atoms with Crippen LogP contribution >= 0.6 is 0 Å². The fraction of sp³-hybridized carbons (Fsp3) is 0.176. The lowest BCUT2D eigenvalue weighted by Gasteiger charge is -2.10. The summed E-state index contributed by atoms with van der Waals surface area (Å²) in [7, 11) is 0. The second kappa shape index (κ2) is 6.93. The number of aliphatic hydroxyl groups excluding tert-OH is 1. The van der Waals surface area contributed by atoms with E-state index >= 15 is 0 Å². The summed E-state index contributed by atoms with van der Waals surface area (Å²) in [5, 5.41) is 14.9. The van der Waals surface area contributed by atoms with Crippen LogP contribution in [0.5, 0.6) is 0 Å². The van der Waals surface area contributed by atoms with E-state index < -0.39 is 0 Å². The van der Waals surface area contributed by atoms with E-state index in [1.165, 1.54) is 0 Å². The molecule has 1 heterocycles. The van der Waals surface area contributed by atoms with Crippen molar-refractivity contribution in [2.75, 3.05) is 23.8 Å². The minimum absolute atomic E-state index is 0.000578. The van der Waals surface area contributed by atoms with Crippen LogP contribution in [0.3, 0.4) is 0 Å². The first-order valence-corrected chi connectivity index (χ1v) is 7.43. The molecule has 1 aromatic heterocycles. The third kappa shape index (κ3) is 3.49. The molecule has 2 aromatic carbocycles. The number of carbonyl (C=O) groups excluding carboxylic acids is 1. The number of amides is 1. The van der Waals surface area contributed by atoms with Gasteiger partial charge in [0, 0.05) is 12.2 Å². The van der Waals surface area contributed by atoms with Crippen LogP contribution in [0.15, 0.2) is 54.6 Å². The van der Waals surface area contributed by atoms with Crippen molar-refractivity contribution in [1.82, 2.24) is 9.55 Å². The summed E-state index contributed by atoms with van der Waals surface area (Å²) in [5.74, 6) is 0.440. The van der Waals surface area contributed by atoms with Gasteiger partial charge in [-0.05, 0) is 24.3 Å². The SMILES string of the molecule is O=C(Cn1c(NCCO)nc2ccccc21)Nc1ccccc1. The molecule has 0 aliphatic carbocycles. The number of hydrogen-bond acceptors (Lipinski definition) is 4. The first kappa shape index (κ1) is 15.1. The molecule has 0 unspecified atom stereocenters. The van der Waals surface area contributed by atoms with Gasteiger partial charge < -0.3 is 20.3 Å². The highest BCUT2D eigenvalue weighted by Gasteiger charge is 2.13. The summed E-state index contributed by atoms with van der Waals surface area (Å²) in [4.78, 5) is 16.8. The quantitative estimate of drug-likeness (QED) is 0.651. The number of benzene rings is 2. The van der Waals surface area contributed by atoms with Crippen molar-refractivity contribution < 1.29 is 9.90 Å². The molecule has 23 heavy (non-hydrogen) atoms. The summed E-state index contributed by atoms with van der Waals surface area (Å²) in [5.41, 5.74) is 2.43. The fourth-order valence-corrected chi connectivity index (χ4v) is 2.40. The molecule has 118 valence electrons. The van der Waals surface area contributed by atoms with Crippen LogP contribution in [0.25, 0.3) is 11.0 Å². The third-order valence-corrected chi connectivity index (χ3v) is 3.41. The van der Waals surface area contributed by atoms with Crippen molar-refractivity contribution in [1.29, 1.82) is 0 Å². The second-order valence-corrected chi connectivity index (χ2v) is 5.07. The highest BCUT2D eigenvalue weighted by molar-refractivity contribution is 5.92. The Balaban J connectivity index is 1.84. The van der Waals surface area contributed by atoms with Crippen molar-refractivity contribution in [3.8, 4) is 0 Å². The number of para-hydroxylation sites is 3. The molecule has 3 N–H and O–H groups in total. The number of nitrogens with one attached hydrogen (secondary N) is 2. The Bertz CT molecular complexity index is 799. The average molecular weight is 310 g/mol. The van der Waals surface area contributed by atoms with E-state index in [4.69, 9.17) is 5.11 Å². The van der Waals surface area contributed by atoms with E-state index in [-0.39, 0.29) is 19.1 Å². The molecule has 0 spiro atoms. The topological polar surface area (TPSA) is 79.2 Å². The maximum absolute atomic E-state index is 12.3. The molecule has 0 aliphatic rings. The highest BCUT2D eigenvalue weighted by Crippen LogP contribution is 2.19. The van der Waals surface area contributed by atoms with Crippen LogP contribution in [0.2, 0.25) is 0 Å². The standard InChI is InChI=1S/C17H18N4O2/c22-11-10-18-17-20-14-8-4-5-9-15(14)21(17)12-16(23)19-13-6-2-1-3-7-13/h1-9,22H,10-12H2,(H,18,20)(H,19,23). The summed E-state index contributed by atoms with van der Waals surface area (Å²) in [6.45, 7) is 0.520. The number of anilines is 2. The zero-order chi connectivity index (χ0) is 16.1. The van der Waals surface area contributed by atoms with E-state index in [0.29, 0.717) is 12.5 Å². The van der Waals surface area contributed by atoms with Gasteiger partial charge in [0.25, 0.3) is 0 Å². The van der Waals surface area contributed by atoms with Gasteiger partial charge in [0.15, 0.2) is 0 Å². The van der Waals surface area contributed by atoms with Crippen LogP contribution in [0.1, 0.15) is 0 Å². The van der Waals surface area contributed by atoms with Crippen molar-refractivity contribution in [3.63, 3.8) is 0 Å². The zero-order valence-corrected chi connectivity index (χ0v) is 12.6. The van der Waals surface area contributed by atoms with E-state index in [0.717, 1.165) is 16.7 Å². The van der Waals surface area contributed by atoms with Gasteiger partial charge >= 0.3 is 0 Å². The largest absolute Gasteiger partial charge is 0.395 e. The first-order valence-electron chi connectivity index (χ1n) is 7.43. The lowest BCUT2D eigenvalue weighted by Crippen LogP contribution is -2.20. The summed E-state index contributed by atoms with van der Waals surface area (Å²) in [6, 6.07) is 16.9. The third-order valence-electron chi connectivity index (χ3n) is 3.41. The van der Waals surface area contributed by atoms with Crippen molar-refractivity contribution in [3.05, 3.63) is 54.6 Å². The Morgan fingerprint density at radius 2 is 1.83 bits per heavy atom.